The van der Waals surface area contributed by atoms with Gasteiger partial charge in [0.1, 0.15) is 6.04 Å². The van der Waals surface area contributed by atoms with E-state index in [1.165, 1.54) is 0 Å². The quantitative estimate of drug-likeness (QED) is 0.550. The molecular formula is C11H22N4O2. The Bertz CT molecular complexity index is 271. The Balaban J connectivity index is 2.26. The maximum Gasteiger partial charge on any atom is 0.239 e. The molecule has 0 bridgehead atoms. The molecule has 1 fully saturated rings. The Morgan fingerprint density at radius 2 is 2.29 bits per heavy atom. The smallest absolute Gasteiger partial charge is 0.239 e. The van der Waals surface area contributed by atoms with Crippen molar-refractivity contribution in [2.24, 2.45) is 0 Å². The first-order valence-electron chi connectivity index (χ1n) is 5.94. The molecule has 98 valence electrons. The Kier molecular flexibility index (Phi) is 5.37. The van der Waals surface area contributed by atoms with E-state index in [0.717, 1.165) is 13.0 Å². The van der Waals surface area contributed by atoms with Crippen LogP contribution in [0.2, 0.25) is 0 Å². The molecule has 2 atom stereocenters. The zero-order chi connectivity index (χ0) is 12.8. The highest BCUT2D eigenvalue weighted by molar-refractivity contribution is 5.86. The van der Waals surface area contributed by atoms with E-state index in [2.05, 4.69) is 20.9 Å². The number of nitrogens with one attached hydrogen (secondary N) is 3. The monoisotopic (exact) mass is 242 g/mol. The van der Waals surface area contributed by atoms with E-state index in [1.54, 1.807) is 0 Å². The van der Waals surface area contributed by atoms with Gasteiger partial charge >= 0.3 is 0 Å². The van der Waals surface area contributed by atoms with E-state index in [0.29, 0.717) is 6.54 Å². The topological polar surface area (TPSA) is 73.5 Å². The van der Waals surface area contributed by atoms with Gasteiger partial charge in [0.05, 0.1) is 6.54 Å². The molecule has 1 aliphatic heterocycles. The van der Waals surface area contributed by atoms with Crippen molar-refractivity contribution in [3.8, 4) is 0 Å². The van der Waals surface area contributed by atoms with E-state index in [4.69, 9.17) is 0 Å². The molecule has 1 saturated heterocycles. The molecule has 1 heterocycles. The standard InChI is InChI=1S/C11H22N4O2/c1-8(4-5-15(2)3)14-11(17)9-6-13-10(16)7-12-9/h8-9,12H,4-7H2,1-3H3,(H,13,16)(H,14,17). The summed E-state index contributed by atoms with van der Waals surface area (Å²) >= 11 is 0. The van der Waals surface area contributed by atoms with Gasteiger partial charge in [-0.25, -0.2) is 0 Å². The molecule has 0 aromatic rings. The summed E-state index contributed by atoms with van der Waals surface area (Å²) in [5.41, 5.74) is 0. The predicted molar refractivity (Wildman–Crippen MR) is 65.6 cm³/mol. The molecule has 2 amide bonds. The predicted octanol–water partition coefficient (Wildman–Crippen LogP) is -1.47. The summed E-state index contributed by atoms with van der Waals surface area (Å²) in [6, 6.07) is -0.168. The van der Waals surface area contributed by atoms with Crippen LogP contribution in [-0.2, 0) is 9.59 Å². The molecule has 0 spiro atoms. The molecule has 2 unspecified atom stereocenters. The minimum atomic E-state index is -0.311. The van der Waals surface area contributed by atoms with E-state index in [1.807, 2.05) is 21.0 Å². The van der Waals surface area contributed by atoms with Gasteiger partial charge in [0, 0.05) is 12.6 Å². The minimum Gasteiger partial charge on any atom is -0.353 e. The molecule has 0 aromatic carbocycles. The highest BCUT2D eigenvalue weighted by atomic mass is 16.2. The van der Waals surface area contributed by atoms with Crippen LogP contribution in [0, 0.1) is 0 Å². The number of carbonyl (C=O) groups excluding carboxylic acids is 2. The highest BCUT2D eigenvalue weighted by Gasteiger charge is 2.24. The Hall–Kier alpha value is -1.14. The van der Waals surface area contributed by atoms with Crippen LogP contribution >= 0.6 is 0 Å². The van der Waals surface area contributed by atoms with Gasteiger partial charge in [-0.2, -0.15) is 0 Å². The van der Waals surface area contributed by atoms with E-state index in [9.17, 15) is 9.59 Å². The lowest BCUT2D eigenvalue weighted by Crippen LogP contribution is -2.59. The molecule has 6 heteroatoms. The van der Waals surface area contributed by atoms with Gasteiger partial charge in [-0.05, 0) is 34.0 Å². The van der Waals surface area contributed by atoms with Crippen molar-refractivity contribution in [2.45, 2.75) is 25.4 Å². The van der Waals surface area contributed by atoms with E-state index in [-0.39, 0.29) is 30.4 Å². The zero-order valence-corrected chi connectivity index (χ0v) is 10.7. The molecule has 6 nitrogen and oxygen atoms in total. The van der Waals surface area contributed by atoms with Crippen LogP contribution in [0.3, 0.4) is 0 Å². The lowest BCUT2D eigenvalue weighted by molar-refractivity contribution is -0.127. The largest absolute Gasteiger partial charge is 0.353 e. The van der Waals surface area contributed by atoms with Crippen LogP contribution in [0.15, 0.2) is 0 Å². The van der Waals surface area contributed by atoms with Crippen molar-refractivity contribution in [1.82, 2.24) is 20.9 Å². The summed E-state index contributed by atoms with van der Waals surface area (Å²) in [5, 5.41) is 8.51. The van der Waals surface area contributed by atoms with Crippen LogP contribution in [0.1, 0.15) is 13.3 Å². The average molecular weight is 242 g/mol. The number of hydrogen-bond acceptors (Lipinski definition) is 4. The van der Waals surface area contributed by atoms with Crippen LogP contribution in [0.4, 0.5) is 0 Å². The fourth-order valence-electron chi connectivity index (χ4n) is 1.62. The maximum absolute atomic E-state index is 11.8. The summed E-state index contributed by atoms with van der Waals surface area (Å²) in [5.74, 6) is -0.106. The summed E-state index contributed by atoms with van der Waals surface area (Å²) in [6.07, 6.45) is 0.915. The molecule has 1 aliphatic rings. The fourth-order valence-corrected chi connectivity index (χ4v) is 1.62. The minimum absolute atomic E-state index is 0.0451. The lowest BCUT2D eigenvalue weighted by Gasteiger charge is -2.25. The second-order valence-electron chi connectivity index (χ2n) is 4.74. The highest BCUT2D eigenvalue weighted by Crippen LogP contribution is 1.95. The second-order valence-corrected chi connectivity index (χ2v) is 4.74. The van der Waals surface area contributed by atoms with Crippen molar-refractivity contribution in [3.63, 3.8) is 0 Å². The van der Waals surface area contributed by atoms with Crippen molar-refractivity contribution < 1.29 is 9.59 Å². The average Bonchev–Trinajstić information content (AvgIpc) is 2.27. The summed E-state index contributed by atoms with van der Waals surface area (Å²) in [4.78, 5) is 24.8. The molecule has 0 saturated carbocycles. The van der Waals surface area contributed by atoms with E-state index >= 15 is 0 Å². The maximum atomic E-state index is 11.8. The number of rotatable bonds is 5. The SMILES string of the molecule is CC(CCN(C)C)NC(=O)C1CNC(=O)CN1. The molecule has 0 radical (unpaired) electrons. The van der Waals surface area contributed by atoms with Gasteiger partial charge in [-0.3, -0.25) is 14.9 Å². The van der Waals surface area contributed by atoms with Crippen molar-refractivity contribution in [1.29, 1.82) is 0 Å². The first-order chi connectivity index (χ1) is 7.99. The third-order valence-electron chi connectivity index (χ3n) is 2.73. The lowest BCUT2D eigenvalue weighted by atomic mass is 10.1. The molecule has 1 rings (SSSR count). The third kappa shape index (κ3) is 5.14. The fraction of sp³-hybridized carbons (Fsp3) is 0.818. The molecule has 17 heavy (non-hydrogen) atoms. The number of amides is 2. The van der Waals surface area contributed by atoms with Crippen LogP contribution in [0.5, 0.6) is 0 Å². The van der Waals surface area contributed by atoms with Crippen LogP contribution in [0.25, 0.3) is 0 Å². The number of hydrogen-bond donors (Lipinski definition) is 3. The van der Waals surface area contributed by atoms with Crippen molar-refractivity contribution >= 4 is 11.8 Å². The summed E-state index contributed by atoms with van der Waals surface area (Å²) in [7, 11) is 4.01. The molecule has 0 aliphatic carbocycles. The summed E-state index contributed by atoms with van der Waals surface area (Å²) < 4.78 is 0. The third-order valence-corrected chi connectivity index (χ3v) is 2.73. The number of nitrogens with zero attached hydrogens (tertiary/aromatic N) is 1. The van der Waals surface area contributed by atoms with Gasteiger partial charge in [-0.1, -0.05) is 0 Å². The molecule has 3 N–H and O–H groups in total. The Morgan fingerprint density at radius 1 is 1.59 bits per heavy atom. The summed E-state index contributed by atoms with van der Waals surface area (Å²) in [6.45, 7) is 3.51. The van der Waals surface area contributed by atoms with Gasteiger partial charge in [0.25, 0.3) is 0 Å². The normalized spacial score (nSPS) is 22.1. The van der Waals surface area contributed by atoms with Crippen LogP contribution < -0.4 is 16.0 Å². The number of piperazine rings is 1. The van der Waals surface area contributed by atoms with Gasteiger partial charge in [0.2, 0.25) is 11.8 Å². The van der Waals surface area contributed by atoms with E-state index < -0.39 is 0 Å². The molecule has 0 aromatic heterocycles. The van der Waals surface area contributed by atoms with Crippen molar-refractivity contribution in [2.75, 3.05) is 33.7 Å². The first kappa shape index (κ1) is 13.9. The number of carbonyl (C=O) groups is 2. The van der Waals surface area contributed by atoms with Gasteiger partial charge < -0.3 is 15.5 Å². The van der Waals surface area contributed by atoms with Crippen LogP contribution in [-0.4, -0.2) is 62.5 Å². The Morgan fingerprint density at radius 3 is 2.82 bits per heavy atom. The first-order valence-corrected chi connectivity index (χ1v) is 5.94. The van der Waals surface area contributed by atoms with Gasteiger partial charge in [-0.15, -0.1) is 0 Å². The van der Waals surface area contributed by atoms with Crippen molar-refractivity contribution in [3.05, 3.63) is 0 Å². The second kappa shape index (κ2) is 6.56. The molecular weight excluding hydrogens is 220 g/mol. The van der Waals surface area contributed by atoms with Gasteiger partial charge in [0.15, 0.2) is 0 Å². The Labute approximate surface area is 102 Å². The zero-order valence-electron chi connectivity index (χ0n) is 10.7.